The van der Waals surface area contributed by atoms with E-state index in [1.165, 1.54) is 7.11 Å². The van der Waals surface area contributed by atoms with E-state index in [0.717, 1.165) is 10.9 Å². The van der Waals surface area contributed by atoms with Crippen molar-refractivity contribution in [1.82, 2.24) is 9.78 Å². The Morgan fingerprint density at radius 2 is 2.18 bits per heavy atom. The third-order valence-corrected chi connectivity index (χ3v) is 3.73. The van der Waals surface area contributed by atoms with Crippen LogP contribution in [0.4, 0.5) is 18.9 Å². The lowest BCUT2D eigenvalue weighted by Gasteiger charge is -2.27. The number of hydrogen-bond acceptors (Lipinski definition) is 5. The van der Waals surface area contributed by atoms with Crippen molar-refractivity contribution in [2.24, 2.45) is 5.92 Å². The van der Waals surface area contributed by atoms with Crippen molar-refractivity contribution in [3.63, 3.8) is 0 Å². The molecule has 0 aromatic carbocycles. The molecule has 1 aromatic heterocycles. The van der Waals surface area contributed by atoms with Gasteiger partial charge in [-0.25, -0.2) is 0 Å². The van der Waals surface area contributed by atoms with Crippen LogP contribution in [0, 0.1) is 16.0 Å². The third kappa shape index (κ3) is 3.20. The number of nitro groups is 1. The van der Waals surface area contributed by atoms with Gasteiger partial charge in [0.2, 0.25) is 5.69 Å². The second kappa shape index (κ2) is 5.93. The summed E-state index contributed by atoms with van der Waals surface area (Å²) in [4.78, 5) is 21.2. The molecule has 7 nitrogen and oxygen atoms in total. The lowest BCUT2D eigenvalue weighted by molar-refractivity contribution is -0.388. The Hall–Kier alpha value is -2.13. The predicted molar refractivity (Wildman–Crippen MR) is 66.9 cm³/mol. The number of ether oxygens (including phenoxy) is 1. The molecule has 0 spiro atoms. The molecular formula is C12H14F3N3O4. The van der Waals surface area contributed by atoms with Gasteiger partial charge in [0.25, 0.3) is 0 Å². The number of methoxy groups -OCH3 is 1. The molecule has 1 aromatic rings. The molecule has 2 atom stereocenters. The summed E-state index contributed by atoms with van der Waals surface area (Å²) in [6.07, 6.45) is -2.16. The molecule has 0 radical (unpaired) electrons. The SMILES string of the molecule is COC(=O)C1CCCC(n2cc([N+](=O)[O-])c(C(F)(F)F)n2)C1. The first kappa shape index (κ1) is 16.2. The van der Waals surface area contributed by atoms with E-state index in [9.17, 15) is 28.1 Å². The first-order chi connectivity index (χ1) is 10.2. The monoisotopic (exact) mass is 321 g/mol. The van der Waals surface area contributed by atoms with Crippen LogP contribution in [0.25, 0.3) is 0 Å². The van der Waals surface area contributed by atoms with Crippen molar-refractivity contribution in [3.05, 3.63) is 22.0 Å². The molecule has 1 aliphatic rings. The Balaban J connectivity index is 2.29. The van der Waals surface area contributed by atoms with Gasteiger partial charge in [0, 0.05) is 0 Å². The van der Waals surface area contributed by atoms with E-state index in [2.05, 4.69) is 9.84 Å². The van der Waals surface area contributed by atoms with Crippen molar-refractivity contribution < 1.29 is 27.6 Å². The van der Waals surface area contributed by atoms with Gasteiger partial charge in [-0.2, -0.15) is 18.3 Å². The van der Waals surface area contributed by atoms with E-state index in [-0.39, 0.29) is 6.42 Å². The Morgan fingerprint density at radius 1 is 1.50 bits per heavy atom. The van der Waals surface area contributed by atoms with Crippen molar-refractivity contribution >= 4 is 11.7 Å². The van der Waals surface area contributed by atoms with Gasteiger partial charge in [0.15, 0.2) is 0 Å². The lowest BCUT2D eigenvalue weighted by atomic mass is 9.86. The topological polar surface area (TPSA) is 87.3 Å². The maximum Gasteiger partial charge on any atom is 0.442 e. The maximum atomic E-state index is 12.8. The molecule has 0 N–H and O–H groups in total. The van der Waals surface area contributed by atoms with E-state index in [1.807, 2.05) is 0 Å². The Kier molecular flexibility index (Phi) is 4.38. The number of nitrogens with zero attached hydrogens (tertiary/aromatic N) is 3. The molecule has 0 saturated heterocycles. The van der Waals surface area contributed by atoms with Gasteiger partial charge >= 0.3 is 17.8 Å². The van der Waals surface area contributed by atoms with Crippen LogP contribution in [0.15, 0.2) is 6.20 Å². The zero-order valence-electron chi connectivity index (χ0n) is 11.7. The average Bonchev–Trinajstić information content (AvgIpc) is 2.92. The molecule has 2 rings (SSSR count). The number of carbonyl (C=O) groups is 1. The molecule has 1 aliphatic carbocycles. The van der Waals surface area contributed by atoms with Crippen LogP contribution < -0.4 is 0 Å². The smallest absolute Gasteiger partial charge is 0.442 e. The summed E-state index contributed by atoms with van der Waals surface area (Å²) in [5.74, 6) is -0.858. The van der Waals surface area contributed by atoms with Crippen LogP contribution in [0.1, 0.15) is 37.4 Å². The fourth-order valence-electron chi connectivity index (χ4n) is 2.69. The normalized spacial score (nSPS) is 22.4. The van der Waals surface area contributed by atoms with E-state index < -0.39 is 40.4 Å². The highest BCUT2D eigenvalue weighted by molar-refractivity contribution is 5.72. The summed E-state index contributed by atoms with van der Waals surface area (Å²) in [5, 5.41) is 14.1. The Bertz CT molecular complexity index is 585. The first-order valence-corrected chi connectivity index (χ1v) is 6.62. The van der Waals surface area contributed by atoms with Gasteiger partial charge in [-0.05, 0) is 19.3 Å². The predicted octanol–water partition coefficient (Wildman–Crippen LogP) is 2.71. The van der Waals surface area contributed by atoms with Crippen LogP contribution in [0.2, 0.25) is 0 Å². The van der Waals surface area contributed by atoms with Crippen molar-refractivity contribution in [2.45, 2.75) is 37.9 Å². The fourth-order valence-corrected chi connectivity index (χ4v) is 2.69. The summed E-state index contributed by atoms with van der Waals surface area (Å²) in [5.41, 5.74) is -2.59. The molecule has 0 bridgehead atoms. The molecule has 122 valence electrons. The molecule has 1 saturated carbocycles. The lowest BCUT2D eigenvalue weighted by Crippen LogP contribution is -2.26. The molecule has 1 fully saturated rings. The van der Waals surface area contributed by atoms with Crippen LogP contribution in [-0.2, 0) is 15.7 Å². The summed E-state index contributed by atoms with van der Waals surface area (Å²) in [6, 6.07) is -0.493. The number of hydrogen-bond donors (Lipinski definition) is 0. The molecule has 1 heterocycles. The number of esters is 1. The molecular weight excluding hydrogens is 307 g/mol. The van der Waals surface area contributed by atoms with E-state index >= 15 is 0 Å². The molecule has 10 heteroatoms. The van der Waals surface area contributed by atoms with Crippen LogP contribution >= 0.6 is 0 Å². The zero-order valence-corrected chi connectivity index (χ0v) is 11.7. The van der Waals surface area contributed by atoms with Crippen LogP contribution in [-0.4, -0.2) is 27.8 Å². The van der Waals surface area contributed by atoms with Gasteiger partial charge in [-0.1, -0.05) is 6.42 Å². The summed E-state index contributed by atoms with van der Waals surface area (Å²) >= 11 is 0. The number of rotatable bonds is 3. The van der Waals surface area contributed by atoms with Gasteiger partial charge in [-0.15, -0.1) is 0 Å². The Labute approximate surface area is 123 Å². The third-order valence-electron chi connectivity index (χ3n) is 3.73. The van der Waals surface area contributed by atoms with Crippen molar-refractivity contribution in [3.8, 4) is 0 Å². The second-order valence-corrected chi connectivity index (χ2v) is 5.14. The van der Waals surface area contributed by atoms with E-state index in [0.29, 0.717) is 19.3 Å². The quantitative estimate of drug-likeness (QED) is 0.485. The van der Waals surface area contributed by atoms with Crippen LogP contribution in [0.3, 0.4) is 0 Å². The van der Waals surface area contributed by atoms with Crippen LogP contribution in [0.5, 0.6) is 0 Å². The Morgan fingerprint density at radius 3 is 2.68 bits per heavy atom. The summed E-state index contributed by atoms with van der Waals surface area (Å²) < 4.78 is 44.0. The van der Waals surface area contributed by atoms with Gasteiger partial charge < -0.3 is 4.74 Å². The molecule has 0 aliphatic heterocycles. The highest BCUT2D eigenvalue weighted by Gasteiger charge is 2.43. The molecule has 2 unspecified atom stereocenters. The fraction of sp³-hybridized carbons (Fsp3) is 0.667. The number of halogens is 3. The number of alkyl halides is 3. The minimum atomic E-state index is -4.90. The minimum Gasteiger partial charge on any atom is -0.469 e. The second-order valence-electron chi connectivity index (χ2n) is 5.14. The van der Waals surface area contributed by atoms with Gasteiger partial charge in [-0.3, -0.25) is 19.6 Å². The summed E-state index contributed by atoms with van der Waals surface area (Å²) in [7, 11) is 1.24. The van der Waals surface area contributed by atoms with E-state index in [4.69, 9.17) is 0 Å². The van der Waals surface area contributed by atoms with Crippen molar-refractivity contribution in [2.75, 3.05) is 7.11 Å². The molecule has 22 heavy (non-hydrogen) atoms. The minimum absolute atomic E-state index is 0.253. The highest BCUT2D eigenvalue weighted by atomic mass is 19.4. The first-order valence-electron chi connectivity index (χ1n) is 6.62. The standard InChI is InChI=1S/C12H14F3N3O4/c1-22-11(19)7-3-2-4-8(5-7)17-6-9(18(20)21)10(16-17)12(13,14)15/h6-8H,2-5H2,1H3. The van der Waals surface area contributed by atoms with Gasteiger partial charge in [0.1, 0.15) is 6.20 Å². The van der Waals surface area contributed by atoms with E-state index in [1.54, 1.807) is 0 Å². The molecule has 0 amide bonds. The van der Waals surface area contributed by atoms with Crippen molar-refractivity contribution in [1.29, 1.82) is 0 Å². The van der Waals surface area contributed by atoms with Gasteiger partial charge in [0.05, 0.1) is 24.0 Å². The highest BCUT2D eigenvalue weighted by Crippen LogP contribution is 2.38. The summed E-state index contributed by atoms with van der Waals surface area (Å²) in [6.45, 7) is 0. The number of carbonyl (C=O) groups excluding carboxylic acids is 1. The number of aromatic nitrogens is 2. The zero-order chi connectivity index (χ0) is 16.5. The largest absolute Gasteiger partial charge is 0.469 e. The average molecular weight is 321 g/mol. The maximum absolute atomic E-state index is 12.8.